The average Bonchev–Trinajstić information content (AvgIpc) is 3.16. The molecule has 0 heterocycles. The normalized spacial score (nSPS) is 12.7. The van der Waals surface area contributed by atoms with Crippen LogP contribution in [0.5, 0.6) is 0 Å². The number of hydrogen-bond acceptors (Lipinski definition) is 0. The molecule has 0 heteroatoms. The first-order chi connectivity index (χ1) is 14.3. The lowest BCUT2D eigenvalue weighted by molar-refractivity contribution is 1.29. The summed E-state index contributed by atoms with van der Waals surface area (Å²) in [6, 6.07) is 36.1. The molecule has 1 aliphatic carbocycles. The van der Waals surface area contributed by atoms with E-state index >= 15 is 0 Å². The Morgan fingerprint density at radius 3 is 1.93 bits per heavy atom. The van der Waals surface area contributed by atoms with Crippen LogP contribution in [0.4, 0.5) is 0 Å². The lowest BCUT2D eigenvalue weighted by atomic mass is 9.93. The van der Waals surface area contributed by atoms with E-state index in [1.807, 2.05) is 0 Å². The third-order valence-corrected chi connectivity index (χ3v) is 6.60. The highest BCUT2D eigenvalue weighted by atomic mass is 14.3. The van der Waals surface area contributed by atoms with Crippen molar-refractivity contribution >= 4 is 43.1 Å². The van der Waals surface area contributed by atoms with E-state index in [1.54, 1.807) is 0 Å². The van der Waals surface area contributed by atoms with Gasteiger partial charge in [-0.2, -0.15) is 0 Å². The Balaban J connectivity index is 1.58. The van der Waals surface area contributed by atoms with Gasteiger partial charge in [0.1, 0.15) is 0 Å². The molecule has 0 amide bonds. The average molecular weight is 366 g/mol. The van der Waals surface area contributed by atoms with Gasteiger partial charge in [0.2, 0.25) is 0 Å². The zero-order chi connectivity index (χ0) is 18.9. The Morgan fingerprint density at radius 1 is 0.448 bits per heavy atom. The largest absolute Gasteiger partial charge is 0.0616 e. The van der Waals surface area contributed by atoms with Crippen molar-refractivity contribution < 1.29 is 0 Å². The molecule has 6 aromatic carbocycles. The summed E-state index contributed by atoms with van der Waals surface area (Å²) in [5.41, 5.74) is 5.76. The van der Waals surface area contributed by atoms with Crippen molar-refractivity contribution in [3.05, 3.63) is 108 Å². The van der Waals surface area contributed by atoms with Gasteiger partial charge in [-0.05, 0) is 96.0 Å². The molecule has 0 fully saturated rings. The highest BCUT2D eigenvalue weighted by molar-refractivity contribution is 6.11. The molecular weight excluding hydrogens is 348 g/mol. The van der Waals surface area contributed by atoms with Gasteiger partial charge in [-0.1, -0.05) is 72.8 Å². The van der Waals surface area contributed by atoms with Crippen molar-refractivity contribution in [2.45, 2.75) is 6.42 Å². The maximum atomic E-state index is 2.40. The second-order valence-electron chi connectivity index (χ2n) is 8.21. The smallest absolute Gasteiger partial charge is 0.000705 e. The third kappa shape index (κ3) is 2.09. The molecule has 0 unspecified atom stereocenters. The van der Waals surface area contributed by atoms with Crippen LogP contribution < -0.4 is 0 Å². The van der Waals surface area contributed by atoms with Gasteiger partial charge in [-0.25, -0.2) is 0 Å². The molecule has 0 aliphatic heterocycles. The summed E-state index contributed by atoms with van der Waals surface area (Å²) in [6.45, 7) is 0. The van der Waals surface area contributed by atoms with E-state index in [4.69, 9.17) is 0 Å². The lowest BCUT2D eigenvalue weighted by Gasteiger charge is -2.10. The van der Waals surface area contributed by atoms with Crippen molar-refractivity contribution in [1.29, 1.82) is 0 Å². The van der Waals surface area contributed by atoms with Crippen molar-refractivity contribution in [3.63, 3.8) is 0 Å². The summed E-state index contributed by atoms with van der Waals surface area (Å²) >= 11 is 0. The summed E-state index contributed by atoms with van der Waals surface area (Å²) < 4.78 is 0. The van der Waals surface area contributed by atoms with Gasteiger partial charge >= 0.3 is 0 Å². The molecule has 0 radical (unpaired) electrons. The van der Waals surface area contributed by atoms with E-state index in [2.05, 4.69) is 97.1 Å². The van der Waals surface area contributed by atoms with Crippen molar-refractivity contribution in [2.24, 2.45) is 0 Å². The number of benzene rings is 6. The first kappa shape index (κ1) is 15.3. The highest BCUT2D eigenvalue weighted by Crippen LogP contribution is 2.45. The van der Waals surface area contributed by atoms with Gasteiger partial charge in [-0.15, -0.1) is 0 Å². The molecule has 0 atom stereocenters. The number of hydrogen-bond donors (Lipinski definition) is 0. The fourth-order valence-corrected chi connectivity index (χ4v) is 5.23. The molecule has 0 N–H and O–H groups in total. The van der Waals surface area contributed by atoms with Gasteiger partial charge in [-0.3, -0.25) is 0 Å². The maximum Gasteiger partial charge on any atom is -0.000705 e. The van der Waals surface area contributed by atoms with Crippen LogP contribution in [0.15, 0.2) is 97.1 Å². The van der Waals surface area contributed by atoms with Gasteiger partial charge in [0.25, 0.3) is 0 Å². The maximum absolute atomic E-state index is 2.40. The predicted molar refractivity (Wildman–Crippen MR) is 125 cm³/mol. The van der Waals surface area contributed by atoms with Crippen LogP contribution in [-0.4, -0.2) is 0 Å². The molecule has 0 saturated carbocycles. The Bertz CT molecular complexity index is 1620. The minimum Gasteiger partial charge on any atom is -0.0616 e. The second kappa shape index (κ2) is 5.46. The van der Waals surface area contributed by atoms with Crippen LogP contribution in [0.3, 0.4) is 0 Å². The van der Waals surface area contributed by atoms with Crippen LogP contribution in [0.1, 0.15) is 11.1 Å². The van der Waals surface area contributed by atoms with Crippen molar-refractivity contribution in [1.82, 2.24) is 0 Å². The van der Waals surface area contributed by atoms with E-state index in [-0.39, 0.29) is 0 Å². The zero-order valence-corrected chi connectivity index (χ0v) is 15.9. The zero-order valence-electron chi connectivity index (χ0n) is 15.9. The standard InChI is InChI=1S/C29H18/c1-2-7-20-14-24-17-27-21(15-23(24)13-19(20)6-1)9-10-22-16-28-25-8-4-3-5-18(25)11-12-26(28)29(22)27/h1-15,17H,16H2. The molecule has 0 nitrogen and oxygen atoms in total. The van der Waals surface area contributed by atoms with Crippen LogP contribution >= 0.6 is 0 Å². The summed E-state index contributed by atoms with van der Waals surface area (Å²) in [5, 5.41) is 10.7. The summed E-state index contributed by atoms with van der Waals surface area (Å²) in [4.78, 5) is 0. The molecule has 0 aromatic heterocycles. The molecular formula is C29H18. The molecule has 134 valence electrons. The Morgan fingerprint density at radius 2 is 1.10 bits per heavy atom. The molecule has 0 bridgehead atoms. The van der Waals surface area contributed by atoms with Crippen LogP contribution in [0.2, 0.25) is 0 Å². The van der Waals surface area contributed by atoms with E-state index in [0.717, 1.165) is 6.42 Å². The molecule has 6 aromatic rings. The third-order valence-electron chi connectivity index (χ3n) is 6.60. The summed E-state index contributed by atoms with van der Waals surface area (Å²) in [7, 11) is 0. The fraction of sp³-hybridized carbons (Fsp3) is 0.0345. The Labute approximate surface area is 169 Å². The van der Waals surface area contributed by atoms with Crippen LogP contribution in [0, 0.1) is 0 Å². The quantitative estimate of drug-likeness (QED) is 0.240. The van der Waals surface area contributed by atoms with E-state index < -0.39 is 0 Å². The van der Waals surface area contributed by atoms with Gasteiger partial charge in [0, 0.05) is 0 Å². The van der Waals surface area contributed by atoms with Gasteiger partial charge in [0.15, 0.2) is 0 Å². The lowest BCUT2D eigenvalue weighted by Crippen LogP contribution is -1.84. The van der Waals surface area contributed by atoms with Crippen molar-refractivity contribution in [3.8, 4) is 11.1 Å². The minimum absolute atomic E-state index is 1.03. The van der Waals surface area contributed by atoms with E-state index in [1.165, 1.54) is 65.3 Å². The number of rotatable bonds is 0. The van der Waals surface area contributed by atoms with Crippen LogP contribution in [0.25, 0.3) is 54.2 Å². The van der Waals surface area contributed by atoms with E-state index in [9.17, 15) is 0 Å². The SMILES string of the molecule is c1ccc2cc3cc4c5c(ccc4cc3cc2c1)Cc1c-5ccc2ccccc12. The highest BCUT2D eigenvalue weighted by Gasteiger charge is 2.22. The fourth-order valence-electron chi connectivity index (χ4n) is 5.23. The Kier molecular flexibility index (Phi) is 2.88. The molecule has 0 spiro atoms. The predicted octanol–water partition coefficient (Wildman–Crippen LogP) is 7.87. The topological polar surface area (TPSA) is 0 Å². The second-order valence-corrected chi connectivity index (χ2v) is 8.21. The van der Waals surface area contributed by atoms with Crippen molar-refractivity contribution in [2.75, 3.05) is 0 Å². The number of fused-ring (bicyclic) bond motifs is 9. The Hall–Kier alpha value is -3.64. The summed E-state index contributed by atoms with van der Waals surface area (Å²) in [6.07, 6.45) is 1.03. The molecule has 29 heavy (non-hydrogen) atoms. The van der Waals surface area contributed by atoms with Crippen LogP contribution in [-0.2, 0) is 6.42 Å². The van der Waals surface area contributed by atoms with Gasteiger partial charge < -0.3 is 0 Å². The molecule has 7 rings (SSSR count). The first-order valence-corrected chi connectivity index (χ1v) is 10.2. The van der Waals surface area contributed by atoms with Gasteiger partial charge in [0.05, 0.1) is 0 Å². The van der Waals surface area contributed by atoms with E-state index in [0.29, 0.717) is 0 Å². The molecule has 1 aliphatic rings. The summed E-state index contributed by atoms with van der Waals surface area (Å²) in [5.74, 6) is 0. The monoisotopic (exact) mass is 366 g/mol. The molecule has 0 saturated heterocycles. The minimum atomic E-state index is 1.03. The first-order valence-electron chi connectivity index (χ1n) is 10.2.